The summed E-state index contributed by atoms with van der Waals surface area (Å²) in [5, 5.41) is 11.2. The second kappa shape index (κ2) is 8.45. The second-order valence-electron chi connectivity index (χ2n) is 6.17. The van der Waals surface area contributed by atoms with E-state index in [1.165, 1.54) is 40.8 Å². The number of nitro benzene ring substituents is 1. The van der Waals surface area contributed by atoms with Crippen LogP contribution in [0.4, 0.5) is 5.69 Å². The molecule has 1 aliphatic heterocycles. The zero-order chi connectivity index (χ0) is 21.0. The van der Waals surface area contributed by atoms with Crippen LogP contribution in [0, 0.1) is 10.1 Å². The average molecular weight is 421 g/mol. The minimum atomic E-state index is -3.94. The maximum Gasteiger partial charge on any atom is 0.312 e. The Morgan fingerprint density at radius 3 is 2.55 bits per heavy atom. The molecule has 2 aromatic rings. The molecule has 0 aliphatic carbocycles. The van der Waals surface area contributed by atoms with Gasteiger partial charge in [-0.25, -0.2) is 8.42 Å². The highest BCUT2D eigenvalue weighted by atomic mass is 32.2. The highest BCUT2D eigenvalue weighted by molar-refractivity contribution is 7.89. The third kappa shape index (κ3) is 4.46. The van der Waals surface area contributed by atoms with Crippen LogP contribution < -0.4 is 4.74 Å². The van der Waals surface area contributed by atoms with Gasteiger partial charge in [0.2, 0.25) is 15.9 Å². The number of furan rings is 1. The number of nitrogens with zero attached hydrogens (tertiary/aromatic N) is 3. The fourth-order valence-corrected chi connectivity index (χ4v) is 4.36. The van der Waals surface area contributed by atoms with Gasteiger partial charge in [-0.15, -0.1) is 0 Å². The molecule has 0 unspecified atom stereocenters. The maximum atomic E-state index is 12.9. The van der Waals surface area contributed by atoms with Crippen LogP contribution in [0.25, 0.3) is 6.08 Å². The Hall–Kier alpha value is -3.18. The van der Waals surface area contributed by atoms with Gasteiger partial charge < -0.3 is 14.1 Å². The molecular formula is C18H19N3O7S. The first-order chi connectivity index (χ1) is 13.8. The van der Waals surface area contributed by atoms with Gasteiger partial charge in [0.1, 0.15) is 5.76 Å². The molecule has 1 fully saturated rings. The van der Waals surface area contributed by atoms with E-state index in [1.54, 1.807) is 18.2 Å². The van der Waals surface area contributed by atoms with Crippen molar-refractivity contribution in [2.75, 3.05) is 33.3 Å². The number of amides is 1. The summed E-state index contributed by atoms with van der Waals surface area (Å²) in [4.78, 5) is 24.1. The first kappa shape index (κ1) is 20.6. The Labute approximate surface area is 167 Å². The summed E-state index contributed by atoms with van der Waals surface area (Å²) in [6.45, 7) is 0.586. The number of rotatable bonds is 6. The highest BCUT2D eigenvalue weighted by Gasteiger charge is 2.31. The number of methoxy groups -OCH3 is 1. The minimum absolute atomic E-state index is 0.0206. The normalized spacial score (nSPS) is 15.6. The topological polar surface area (TPSA) is 123 Å². The van der Waals surface area contributed by atoms with Crippen LogP contribution in [-0.4, -0.2) is 61.7 Å². The Morgan fingerprint density at radius 2 is 1.97 bits per heavy atom. The zero-order valence-corrected chi connectivity index (χ0v) is 16.4. The number of sulfonamides is 1. The van der Waals surface area contributed by atoms with Gasteiger partial charge in [-0.3, -0.25) is 14.9 Å². The summed E-state index contributed by atoms with van der Waals surface area (Å²) in [5.41, 5.74) is -0.426. The predicted octanol–water partition coefficient (Wildman–Crippen LogP) is 1.74. The number of piperazine rings is 1. The molecule has 1 saturated heterocycles. The van der Waals surface area contributed by atoms with E-state index in [2.05, 4.69) is 0 Å². The van der Waals surface area contributed by atoms with Gasteiger partial charge in [-0.1, -0.05) is 0 Å². The Kier molecular flexibility index (Phi) is 5.99. The van der Waals surface area contributed by atoms with E-state index in [-0.39, 0.29) is 42.7 Å². The number of hydrogen-bond acceptors (Lipinski definition) is 7. The number of hydrogen-bond donors (Lipinski definition) is 0. The second-order valence-corrected chi connectivity index (χ2v) is 8.11. The van der Waals surface area contributed by atoms with Crippen LogP contribution in [0.3, 0.4) is 0 Å². The van der Waals surface area contributed by atoms with Crippen LogP contribution in [0.2, 0.25) is 0 Å². The largest absolute Gasteiger partial charge is 0.490 e. The summed E-state index contributed by atoms with van der Waals surface area (Å²) >= 11 is 0. The molecule has 2 heterocycles. The van der Waals surface area contributed by atoms with Crippen molar-refractivity contribution in [2.24, 2.45) is 0 Å². The summed E-state index contributed by atoms with van der Waals surface area (Å²) in [7, 11) is -2.67. The van der Waals surface area contributed by atoms with E-state index < -0.39 is 20.6 Å². The number of ether oxygens (including phenoxy) is 1. The van der Waals surface area contributed by atoms with Crippen molar-refractivity contribution in [2.45, 2.75) is 4.90 Å². The molecule has 0 radical (unpaired) electrons. The third-order valence-corrected chi connectivity index (χ3v) is 6.36. The molecule has 29 heavy (non-hydrogen) atoms. The van der Waals surface area contributed by atoms with Gasteiger partial charge in [0.15, 0.2) is 5.75 Å². The smallest absolute Gasteiger partial charge is 0.312 e. The number of benzene rings is 1. The molecule has 1 aliphatic rings. The molecule has 0 atom stereocenters. The fraction of sp³-hybridized carbons (Fsp3) is 0.278. The van der Waals surface area contributed by atoms with Crippen molar-refractivity contribution in [1.29, 1.82) is 0 Å². The van der Waals surface area contributed by atoms with E-state index in [1.807, 2.05) is 0 Å². The lowest BCUT2D eigenvalue weighted by molar-refractivity contribution is -0.386. The number of carbonyl (C=O) groups excluding carboxylic acids is 1. The molecule has 0 spiro atoms. The van der Waals surface area contributed by atoms with E-state index >= 15 is 0 Å². The Balaban J connectivity index is 1.69. The van der Waals surface area contributed by atoms with E-state index in [0.29, 0.717) is 5.76 Å². The predicted molar refractivity (Wildman–Crippen MR) is 103 cm³/mol. The molecule has 11 heteroatoms. The summed E-state index contributed by atoms with van der Waals surface area (Å²) in [6.07, 6.45) is 4.41. The molecule has 3 rings (SSSR count). The molecule has 1 aromatic heterocycles. The van der Waals surface area contributed by atoms with Gasteiger partial charge in [0.25, 0.3) is 0 Å². The molecule has 0 bridgehead atoms. The summed E-state index contributed by atoms with van der Waals surface area (Å²) < 4.78 is 36.9. The van der Waals surface area contributed by atoms with Gasteiger partial charge in [0, 0.05) is 38.3 Å². The van der Waals surface area contributed by atoms with E-state index in [4.69, 9.17) is 9.15 Å². The minimum Gasteiger partial charge on any atom is -0.490 e. The van der Waals surface area contributed by atoms with E-state index in [0.717, 1.165) is 6.07 Å². The standard InChI is InChI=1S/C18H19N3O7S/c1-27-17-6-5-15(13-16(17)21(23)24)29(25,26)20-10-8-19(9-11-20)18(22)7-4-14-3-2-12-28-14/h2-7,12-13H,8-11H2,1H3/b7-4+. The van der Waals surface area contributed by atoms with Crippen molar-refractivity contribution in [3.05, 3.63) is 58.5 Å². The molecule has 1 amide bonds. The molecule has 154 valence electrons. The van der Waals surface area contributed by atoms with Crippen molar-refractivity contribution in [1.82, 2.24) is 9.21 Å². The third-order valence-electron chi connectivity index (χ3n) is 4.47. The SMILES string of the molecule is COc1ccc(S(=O)(=O)N2CCN(C(=O)/C=C/c3ccco3)CC2)cc1[N+](=O)[O-]. The molecule has 0 saturated carbocycles. The van der Waals surface area contributed by atoms with Crippen LogP contribution in [0.5, 0.6) is 5.75 Å². The quantitative estimate of drug-likeness (QED) is 0.395. The highest BCUT2D eigenvalue weighted by Crippen LogP contribution is 2.30. The lowest BCUT2D eigenvalue weighted by atomic mass is 10.3. The number of carbonyl (C=O) groups is 1. The van der Waals surface area contributed by atoms with Crippen molar-refractivity contribution < 1.29 is 27.3 Å². The van der Waals surface area contributed by atoms with Gasteiger partial charge in [-0.2, -0.15) is 4.31 Å². The average Bonchev–Trinajstić information content (AvgIpc) is 3.25. The van der Waals surface area contributed by atoms with Crippen LogP contribution in [0.1, 0.15) is 5.76 Å². The van der Waals surface area contributed by atoms with Crippen molar-refractivity contribution >= 4 is 27.7 Å². The van der Waals surface area contributed by atoms with E-state index in [9.17, 15) is 23.3 Å². The lowest BCUT2D eigenvalue weighted by Gasteiger charge is -2.33. The van der Waals surface area contributed by atoms with Crippen molar-refractivity contribution in [3.8, 4) is 5.75 Å². The monoisotopic (exact) mass is 421 g/mol. The molecule has 0 N–H and O–H groups in total. The lowest BCUT2D eigenvalue weighted by Crippen LogP contribution is -2.50. The fourth-order valence-electron chi connectivity index (χ4n) is 2.92. The summed E-state index contributed by atoms with van der Waals surface area (Å²) in [6, 6.07) is 6.92. The van der Waals surface area contributed by atoms with Crippen molar-refractivity contribution in [3.63, 3.8) is 0 Å². The number of nitro groups is 1. The van der Waals surface area contributed by atoms with Gasteiger partial charge >= 0.3 is 5.69 Å². The first-order valence-corrected chi connectivity index (χ1v) is 10.1. The Bertz CT molecular complexity index is 1020. The molecular weight excluding hydrogens is 402 g/mol. The zero-order valence-electron chi connectivity index (χ0n) is 15.6. The Morgan fingerprint density at radius 1 is 1.24 bits per heavy atom. The maximum absolute atomic E-state index is 12.9. The van der Waals surface area contributed by atoms with Gasteiger partial charge in [0.05, 0.1) is 23.2 Å². The van der Waals surface area contributed by atoms with Crippen LogP contribution in [0.15, 0.2) is 52.0 Å². The molecule has 10 nitrogen and oxygen atoms in total. The van der Waals surface area contributed by atoms with Crippen LogP contribution in [-0.2, 0) is 14.8 Å². The first-order valence-electron chi connectivity index (χ1n) is 8.66. The summed E-state index contributed by atoms with van der Waals surface area (Å²) in [5.74, 6) is 0.270. The van der Waals surface area contributed by atoms with Crippen LogP contribution >= 0.6 is 0 Å². The molecule has 1 aromatic carbocycles. The van der Waals surface area contributed by atoms with Gasteiger partial charge in [-0.05, 0) is 30.3 Å².